The van der Waals surface area contributed by atoms with Gasteiger partial charge in [0.05, 0.1) is 0 Å². The molecule has 2 rings (SSSR count). The topological polar surface area (TPSA) is 50.4 Å². The third-order valence-corrected chi connectivity index (χ3v) is 2.62. The van der Waals surface area contributed by atoms with Gasteiger partial charge in [0.25, 0.3) is 5.91 Å². The van der Waals surface area contributed by atoms with Gasteiger partial charge in [0, 0.05) is 12.6 Å². The van der Waals surface area contributed by atoms with Crippen molar-refractivity contribution in [2.75, 3.05) is 13.7 Å². The molecule has 0 spiro atoms. The number of rotatable bonds is 6. The summed E-state index contributed by atoms with van der Waals surface area (Å²) < 4.78 is 5.40. The standard InChI is InChI=1S/C13H18N2O2/c1-14-8-10-2-6-12(7-3-10)17-9-13(16)15-11-4-5-11/h2-3,6-7,11,14H,4-5,8-9H2,1H3,(H,15,16). The van der Waals surface area contributed by atoms with Crippen LogP contribution in [0.2, 0.25) is 0 Å². The number of carbonyl (C=O) groups is 1. The predicted octanol–water partition coefficient (Wildman–Crippen LogP) is 1.06. The average molecular weight is 234 g/mol. The number of amides is 1. The van der Waals surface area contributed by atoms with E-state index in [0.29, 0.717) is 6.04 Å². The van der Waals surface area contributed by atoms with Crippen LogP contribution in [0, 0.1) is 0 Å². The SMILES string of the molecule is CNCc1ccc(OCC(=O)NC2CC2)cc1. The zero-order chi connectivity index (χ0) is 12.1. The fourth-order valence-corrected chi connectivity index (χ4v) is 1.55. The maximum absolute atomic E-state index is 11.4. The molecule has 0 unspecified atom stereocenters. The Bertz CT molecular complexity index is 372. The van der Waals surface area contributed by atoms with E-state index < -0.39 is 0 Å². The smallest absolute Gasteiger partial charge is 0.258 e. The first kappa shape index (κ1) is 11.9. The van der Waals surface area contributed by atoms with E-state index in [1.807, 2.05) is 31.3 Å². The molecule has 92 valence electrons. The summed E-state index contributed by atoms with van der Waals surface area (Å²) in [6.45, 7) is 0.935. The molecule has 0 bridgehead atoms. The Hall–Kier alpha value is -1.55. The predicted molar refractivity (Wildman–Crippen MR) is 65.9 cm³/mol. The van der Waals surface area contributed by atoms with E-state index >= 15 is 0 Å². The van der Waals surface area contributed by atoms with Crippen molar-refractivity contribution >= 4 is 5.91 Å². The molecule has 1 aliphatic carbocycles. The number of benzene rings is 1. The van der Waals surface area contributed by atoms with Gasteiger partial charge in [-0.05, 0) is 37.6 Å². The second kappa shape index (κ2) is 5.68. The molecular formula is C13H18N2O2. The fourth-order valence-electron chi connectivity index (χ4n) is 1.55. The first-order chi connectivity index (χ1) is 8.28. The van der Waals surface area contributed by atoms with Gasteiger partial charge in [0.2, 0.25) is 0 Å². The van der Waals surface area contributed by atoms with Crippen LogP contribution in [0.5, 0.6) is 5.75 Å². The average Bonchev–Trinajstić information content (AvgIpc) is 3.12. The second-order valence-corrected chi connectivity index (χ2v) is 4.30. The maximum atomic E-state index is 11.4. The minimum absolute atomic E-state index is 0.0354. The summed E-state index contributed by atoms with van der Waals surface area (Å²) in [6.07, 6.45) is 2.20. The molecule has 17 heavy (non-hydrogen) atoms. The molecule has 4 nitrogen and oxygen atoms in total. The number of hydrogen-bond acceptors (Lipinski definition) is 3. The molecule has 4 heteroatoms. The van der Waals surface area contributed by atoms with E-state index in [4.69, 9.17) is 4.74 Å². The van der Waals surface area contributed by atoms with Gasteiger partial charge < -0.3 is 15.4 Å². The number of hydrogen-bond donors (Lipinski definition) is 2. The zero-order valence-electron chi connectivity index (χ0n) is 10.0. The minimum atomic E-state index is -0.0354. The summed E-state index contributed by atoms with van der Waals surface area (Å²) in [6, 6.07) is 8.15. The molecule has 0 atom stereocenters. The molecule has 1 saturated carbocycles. The van der Waals surface area contributed by atoms with Crippen LogP contribution < -0.4 is 15.4 Å². The molecule has 0 aromatic heterocycles. The lowest BCUT2D eigenvalue weighted by molar-refractivity contribution is -0.123. The minimum Gasteiger partial charge on any atom is -0.484 e. The first-order valence-electron chi connectivity index (χ1n) is 5.93. The van der Waals surface area contributed by atoms with Crippen LogP contribution in [0.3, 0.4) is 0 Å². The largest absolute Gasteiger partial charge is 0.484 e. The normalized spacial score (nSPS) is 14.4. The molecule has 1 aliphatic rings. The van der Waals surface area contributed by atoms with Crippen LogP contribution in [-0.2, 0) is 11.3 Å². The van der Waals surface area contributed by atoms with Gasteiger partial charge in [-0.25, -0.2) is 0 Å². The molecule has 1 aromatic carbocycles. The third-order valence-electron chi connectivity index (χ3n) is 2.62. The zero-order valence-corrected chi connectivity index (χ0v) is 10.0. The van der Waals surface area contributed by atoms with E-state index in [9.17, 15) is 4.79 Å². The molecule has 1 amide bonds. The van der Waals surface area contributed by atoms with Crippen molar-refractivity contribution in [3.05, 3.63) is 29.8 Å². The van der Waals surface area contributed by atoms with Crippen molar-refractivity contribution in [3.8, 4) is 5.75 Å². The lowest BCUT2D eigenvalue weighted by atomic mass is 10.2. The van der Waals surface area contributed by atoms with E-state index in [1.165, 1.54) is 5.56 Å². The third kappa shape index (κ3) is 4.07. The number of carbonyl (C=O) groups excluding carboxylic acids is 1. The summed E-state index contributed by atoms with van der Waals surface area (Å²) in [5, 5.41) is 5.96. The van der Waals surface area contributed by atoms with Crippen molar-refractivity contribution in [1.82, 2.24) is 10.6 Å². The lowest BCUT2D eigenvalue weighted by Gasteiger charge is -2.07. The number of nitrogens with one attached hydrogen (secondary N) is 2. The van der Waals surface area contributed by atoms with E-state index in [0.717, 1.165) is 25.1 Å². The van der Waals surface area contributed by atoms with Gasteiger partial charge >= 0.3 is 0 Å². The van der Waals surface area contributed by atoms with Crippen molar-refractivity contribution in [3.63, 3.8) is 0 Å². The van der Waals surface area contributed by atoms with Crippen molar-refractivity contribution < 1.29 is 9.53 Å². The highest BCUT2D eigenvalue weighted by Crippen LogP contribution is 2.18. The number of ether oxygens (including phenoxy) is 1. The lowest BCUT2D eigenvalue weighted by Crippen LogP contribution is -2.30. The van der Waals surface area contributed by atoms with Gasteiger partial charge in [-0.2, -0.15) is 0 Å². The quantitative estimate of drug-likeness (QED) is 0.774. The van der Waals surface area contributed by atoms with Gasteiger partial charge in [0.1, 0.15) is 5.75 Å². The van der Waals surface area contributed by atoms with Gasteiger partial charge in [0.15, 0.2) is 6.61 Å². The molecule has 1 fully saturated rings. The highest BCUT2D eigenvalue weighted by molar-refractivity contribution is 5.78. The van der Waals surface area contributed by atoms with E-state index in [2.05, 4.69) is 10.6 Å². The molecule has 2 N–H and O–H groups in total. The molecular weight excluding hydrogens is 216 g/mol. The van der Waals surface area contributed by atoms with Crippen LogP contribution in [0.25, 0.3) is 0 Å². The highest BCUT2D eigenvalue weighted by atomic mass is 16.5. The summed E-state index contributed by atoms with van der Waals surface area (Å²) >= 11 is 0. The summed E-state index contributed by atoms with van der Waals surface area (Å²) in [5.74, 6) is 0.697. The van der Waals surface area contributed by atoms with Gasteiger partial charge in [-0.1, -0.05) is 12.1 Å². The Morgan fingerprint density at radius 1 is 1.35 bits per heavy atom. The molecule has 0 saturated heterocycles. The van der Waals surface area contributed by atoms with E-state index in [1.54, 1.807) is 0 Å². The molecule has 0 aliphatic heterocycles. The Morgan fingerprint density at radius 3 is 2.65 bits per heavy atom. The first-order valence-corrected chi connectivity index (χ1v) is 5.93. The van der Waals surface area contributed by atoms with Gasteiger partial charge in [-0.3, -0.25) is 4.79 Å². The Kier molecular flexibility index (Phi) is 3.98. The highest BCUT2D eigenvalue weighted by Gasteiger charge is 2.23. The van der Waals surface area contributed by atoms with Crippen LogP contribution >= 0.6 is 0 Å². The van der Waals surface area contributed by atoms with Crippen LogP contribution in [0.1, 0.15) is 18.4 Å². The summed E-state index contributed by atoms with van der Waals surface area (Å²) in [4.78, 5) is 11.4. The van der Waals surface area contributed by atoms with Crippen LogP contribution in [-0.4, -0.2) is 25.6 Å². The Labute approximate surface area is 101 Å². The Morgan fingerprint density at radius 2 is 2.06 bits per heavy atom. The molecule has 0 heterocycles. The van der Waals surface area contributed by atoms with Crippen LogP contribution in [0.4, 0.5) is 0 Å². The second-order valence-electron chi connectivity index (χ2n) is 4.30. The molecule has 0 radical (unpaired) electrons. The molecule has 1 aromatic rings. The van der Waals surface area contributed by atoms with Crippen molar-refractivity contribution in [2.45, 2.75) is 25.4 Å². The fraction of sp³-hybridized carbons (Fsp3) is 0.462. The summed E-state index contributed by atoms with van der Waals surface area (Å²) in [7, 11) is 1.91. The van der Waals surface area contributed by atoms with E-state index in [-0.39, 0.29) is 12.5 Å². The Balaban J connectivity index is 1.75. The maximum Gasteiger partial charge on any atom is 0.258 e. The van der Waals surface area contributed by atoms with Crippen LogP contribution in [0.15, 0.2) is 24.3 Å². The summed E-state index contributed by atoms with van der Waals surface area (Å²) in [5.41, 5.74) is 1.20. The van der Waals surface area contributed by atoms with Crippen molar-refractivity contribution in [2.24, 2.45) is 0 Å². The van der Waals surface area contributed by atoms with Gasteiger partial charge in [-0.15, -0.1) is 0 Å². The monoisotopic (exact) mass is 234 g/mol. The van der Waals surface area contributed by atoms with Crippen molar-refractivity contribution in [1.29, 1.82) is 0 Å².